The molecule has 0 aromatic heterocycles. The molecule has 1 rings (SSSR count). The SMILES string of the molecule is CC(C)OCCCNC(=O)CC1(C(=O)O)CCC1. The van der Waals surface area contributed by atoms with Crippen molar-refractivity contribution in [1.82, 2.24) is 5.32 Å². The maximum absolute atomic E-state index is 11.6. The molecule has 0 aliphatic heterocycles. The summed E-state index contributed by atoms with van der Waals surface area (Å²) >= 11 is 0. The number of ether oxygens (including phenoxy) is 1. The van der Waals surface area contributed by atoms with Gasteiger partial charge in [-0.2, -0.15) is 0 Å². The molecule has 0 aromatic carbocycles. The van der Waals surface area contributed by atoms with E-state index in [1.807, 2.05) is 13.8 Å². The number of carboxylic acids is 1. The highest BCUT2D eigenvalue weighted by molar-refractivity contribution is 5.85. The van der Waals surface area contributed by atoms with Crippen LogP contribution in [-0.4, -0.2) is 36.2 Å². The number of hydrogen-bond acceptors (Lipinski definition) is 3. The smallest absolute Gasteiger partial charge is 0.310 e. The third-order valence-corrected chi connectivity index (χ3v) is 3.36. The van der Waals surface area contributed by atoms with Crippen molar-refractivity contribution >= 4 is 11.9 Å². The summed E-state index contributed by atoms with van der Waals surface area (Å²) in [4.78, 5) is 22.7. The number of hydrogen-bond donors (Lipinski definition) is 2. The molecular formula is C13H23NO4. The lowest BCUT2D eigenvalue weighted by Crippen LogP contribution is -2.42. The first-order chi connectivity index (χ1) is 8.46. The van der Waals surface area contributed by atoms with Crippen LogP contribution in [-0.2, 0) is 14.3 Å². The Hall–Kier alpha value is -1.10. The lowest BCUT2D eigenvalue weighted by Gasteiger charge is -2.36. The highest BCUT2D eigenvalue weighted by Gasteiger charge is 2.45. The molecule has 18 heavy (non-hydrogen) atoms. The van der Waals surface area contributed by atoms with Crippen molar-refractivity contribution in [2.24, 2.45) is 5.41 Å². The van der Waals surface area contributed by atoms with Crippen molar-refractivity contribution in [1.29, 1.82) is 0 Å². The Balaban J connectivity index is 2.16. The number of rotatable bonds is 8. The minimum absolute atomic E-state index is 0.105. The molecule has 5 nitrogen and oxygen atoms in total. The summed E-state index contributed by atoms with van der Waals surface area (Å²) in [6.07, 6.45) is 3.20. The standard InChI is InChI=1S/C13H23NO4/c1-10(2)18-8-4-7-14-11(15)9-13(12(16)17)5-3-6-13/h10H,3-9H2,1-2H3,(H,14,15)(H,16,17). The molecule has 1 fully saturated rings. The van der Waals surface area contributed by atoms with Gasteiger partial charge in [0.15, 0.2) is 0 Å². The van der Waals surface area contributed by atoms with Crippen LogP contribution in [0.25, 0.3) is 0 Å². The van der Waals surface area contributed by atoms with Gasteiger partial charge in [0.2, 0.25) is 5.91 Å². The molecule has 0 atom stereocenters. The van der Waals surface area contributed by atoms with Crippen LogP contribution in [0.5, 0.6) is 0 Å². The van der Waals surface area contributed by atoms with Gasteiger partial charge >= 0.3 is 5.97 Å². The predicted octanol–water partition coefficient (Wildman–Crippen LogP) is 1.56. The quantitative estimate of drug-likeness (QED) is 0.647. The molecule has 0 unspecified atom stereocenters. The van der Waals surface area contributed by atoms with Crippen LogP contribution in [0.1, 0.15) is 46.0 Å². The van der Waals surface area contributed by atoms with Gasteiger partial charge in [-0.25, -0.2) is 0 Å². The molecule has 1 aliphatic carbocycles. The summed E-state index contributed by atoms with van der Waals surface area (Å²) in [6.45, 7) is 5.08. The molecule has 0 spiro atoms. The second-order valence-electron chi connectivity index (χ2n) is 5.24. The van der Waals surface area contributed by atoms with E-state index in [0.29, 0.717) is 26.0 Å². The summed E-state index contributed by atoms with van der Waals surface area (Å²) in [6, 6.07) is 0. The Bertz CT molecular complexity index is 297. The largest absolute Gasteiger partial charge is 0.481 e. The Morgan fingerprint density at radius 2 is 2.06 bits per heavy atom. The molecule has 2 N–H and O–H groups in total. The fraction of sp³-hybridized carbons (Fsp3) is 0.846. The molecule has 0 heterocycles. The zero-order valence-electron chi connectivity index (χ0n) is 11.2. The third-order valence-electron chi connectivity index (χ3n) is 3.36. The van der Waals surface area contributed by atoms with Crippen LogP contribution in [0.2, 0.25) is 0 Å². The van der Waals surface area contributed by atoms with Gasteiger partial charge in [-0.3, -0.25) is 9.59 Å². The van der Waals surface area contributed by atoms with Gasteiger partial charge in [0.25, 0.3) is 0 Å². The van der Waals surface area contributed by atoms with Crippen LogP contribution in [0.15, 0.2) is 0 Å². The van der Waals surface area contributed by atoms with E-state index in [9.17, 15) is 9.59 Å². The Kier molecular flexibility index (Phi) is 5.59. The maximum atomic E-state index is 11.6. The van der Waals surface area contributed by atoms with E-state index in [0.717, 1.165) is 12.8 Å². The Labute approximate surface area is 108 Å². The average Bonchev–Trinajstić information content (AvgIpc) is 2.22. The fourth-order valence-corrected chi connectivity index (χ4v) is 2.06. The Morgan fingerprint density at radius 1 is 1.39 bits per heavy atom. The molecule has 1 amide bonds. The number of carbonyl (C=O) groups excluding carboxylic acids is 1. The number of nitrogens with one attached hydrogen (secondary N) is 1. The lowest BCUT2D eigenvalue weighted by molar-refractivity contribution is -0.157. The van der Waals surface area contributed by atoms with E-state index in [-0.39, 0.29) is 18.4 Å². The van der Waals surface area contributed by atoms with Crippen LogP contribution >= 0.6 is 0 Å². The van der Waals surface area contributed by atoms with E-state index < -0.39 is 11.4 Å². The van der Waals surface area contributed by atoms with Crippen molar-refractivity contribution in [3.63, 3.8) is 0 Å². The first-order valence-corrected chi connectivity index (χ1v) is 6.58. The summed E-state index contributed by atoms with van der Waals surface area (Å²) in [7, 11) is 0. The van der Waals surface area contributed by atoms with Crippen molar-refractivity contribution < 1.29 is 19.4 Å². The van der Waals surface area contributed by atoms with Crippen LogP contribution in [0, 0.1) is 5.41 Å². The molecule has 0 bridgehead atoms. The fourth-order valence-electron chi connectivity index (χ4n) is 2.06. The molecule has 104 valence electrons. The molecule has 0 radical (unpaired) electrons. The highest BCUT2D eigenvalue weighted by atomic mass is 16.5. The molecule has 0 saturated heterocycles. The van der Waals surface area contributed by atoms with Crippen molar-refractivity contribution in [2.75, 3.05) is 13.2 Å². The number of carboxylic acid groups (broad SMARTS) is 1. The van der Waals surface area contributed by atoms with Gasteiger partial charge in [0.05, 0.1) is 11.5 Å². The second kappa shape index (κ2) is 6.73. The molecule has 1 aliphatic rings. The van der Waals surface area contributed by atoms with Gasteiger partial charge in [0, 0.05) is 19.6 Å². The van der Waals surface area contributed by atoms with Gasteiger partial charge in [-0.1, -0.05) is 6.42 Å². The zero-order chi connectivity index (χ0) is 13.6. The zero-order valence-corrected chi connectivity index (χ0v) is 11.2. The molecule has 0 aromatic rings. The Morgan fingerprint density at radius 3 is 2.50 bits per heavy atom. The summed E-state index contributed by atoms with van der Waals surface area (Å²) in [5, 5.41) is 11.9. The van der Waals surface area contributed by atoms with Gasteiger partial charge < -0.3 is 15.2 Å². The van der Waals surface area contributed by atoms with Crippen LogP contribution in [0.4, 0.5) is 0 Å². The first-order valence-electron chi connectivity index (χ1n) is 6.58. The summed E-state index contributed by atoms with van der Waals surface area (Å²) < 4.78 is 5.35. The number of amides is 1. The topological polar surface area (TPSA) is 75.6 Å². The van der Waals surface area contributed by atoms with Crippen LogP contribution in [0.3, 0.4) is 0 Å². The van der Waals surface area contributed by atoms with E-state index in [1.165, 1.54) is 0 Å². The number of aliphatic carboxylic acids is 1. The maximum Gasteiger partial charge on any atom is 0.310 e. The second-order valence-corrected chi connectivity index (χ2v) is 5.24. The summed E-state index contributed by atoms with van der Waals surface area (Å²) in [5.41, 5.74) is -0.793. The minimum atomic E-state index is -0.841. The van der Waals surface area contributed by atoms with Crippen molar-refractivity contribution in [2.45, 2.75) is 52.1 Å². The molecular weight excluding hydrogens is 234 g/mol. The normalized spacial score (nSPS) is 17.3. The highest BCUT2D eigenvalue weighted by Crippen LogP contribution is 2.44. The monoisotopic (exact) mass is 257 g/mol. The average molecular weight is 257 g/mol. The van der Waals surface area contributed by atoms with Crippen molar-refractivity contribution in [3.8, 4) is 0 Å². The third kappa shape index (κ3) is 4.29. The van der Waals surface area contributed by atoms with E-state index in [2.05, 4.69) is 5.32 Å². The van der Waals surface area contributed by atoms with Crippen molar-refractivity contribution in [3.05, 3.63) is 0 Å². The van der Waals surface area contributed by atoms with Crippen LogP contribution < -0.4 is 5.32 Å². The summed E-state index contributed by atoms with van der Waals surface area (Å²) in [5.74, 6) is -1.01. The number of carbonyl (C=O) groups is 2. The first kappa shape index (κ1) is 15.0. The lowest BCUT2D eigenvalue weighted by atomic mass is 9.66. The van der Waals surface area contributed by atoms with E-state index in [4.69, 9.17) is 9.84 Å². The van der Waals surface area contributed by atoms with Gasteiger partial charge in [-0.05, 0) is 33.1 Å². The van der Waals surface area contributed by atoms with E-state index >= 15 is 0 Å². The van der Waals surface area contributed by atoms with Gasteiger partial charge in [0.1, 0.15) is 0 Å². The molecule has 1 saturated carbocycles. The van der Waals surface area contributed by atoms with E-state index in [1.54, 1.807) is 0 Å². The predicted molar refractivity (Wildman–Crippen MR) is 67.3 cm³/mol. The van der Waals surface area contributed by atoms with Gasteiger partial charge in [-0.15, -0.1) is 0 Å². The minimum Gasteiger partial charge on any atom is -0.481 e. The molecule has 5 heteroatoms.